The van der Waals surface area contributed by atoms with Gasteiger partial charge in [-0.3, -0.25) is 4.79 Å². The molecule has 0 aliphatic carbocycles. The summed E-state index contributed by atoms with van der Waals surface area (Å²) in [7, 11) is 0. The number of carbonyl (C=O) groups is 1. The number of aryl methyl sites for hydroxylation is 3. The molecule has 0 atom stereocenters. The van der Waals surface area contributed by atoms with E-state index in [1.54, 1.807) is 0 Å². The van der Waals surface area contributed by atoms with Crippen molar-refractivity contribution in [2.75, 3.05) is 11.1 Å². The van der Waals surface area contributed by atoms with E-state index in [9.17, 15) is 4.79 Å². The molecule has 2 aromatic heterocycles. The molecule has 1 aromatic carbocycles. The summed E-state index contributed by atoms with van der Waals surface area (Å²) in [4.78, 5) is 16.8. The van der Waals surface area contributed by atoms with Crippen LogP contribution in [-0.4, -0.2) is 32.9 Å². The third-order valence-electron chi connectivity index (χ3n) is 3.92. The molecule has 1 N–H and O–H groups in total. The number of thiazole rings is 1. The molecule has 0 aliphatic heterocycles. The van der Waals surface area contributed by atoms with Gasteiger partial charge in [0.2, 0.25) is 5.91 Å². The van der Waals surface area contributed by atoms with Gasteiger partial charge in [0.15, 0.2) is 9.47 Å². The minimum absolute atomic E-state index is 0.0501. The van der Waals surface area contributed by atoms with Crippen LogP contribution in [-0.2, 0) is 4.79 Å². The zero-order chi connectivity index (χ0) is 20.3. The van der Waals surface area contributed by atoms with Gasteiger partial charge >= 0.3 is 0 Å². The van der Waals surface area contributed by atoms with Crippen molar-refractivity contribution < 1.29 is 9.53 Å². The first-order valence-electron chi connectivity index (χ1n) is 8.78. The second-order valence-electron chi connectivity index (χ2n) is 6.63. The Labute approximate surface area is 176 Å². The number of anilines is 1. The number of ether oxygens (including phenoxy) is 1. The number of benzene rings is 1. The van der Waals surface area contributed by atoms with Crippen molar-refractivity contribution in [1.29, 1.82) is 0 Å². The number of hydrogen-bond acceptors (Lipinski definition) is 8. The number of aromatic nitrogens is 3. The lowest BCUT2D eigenvalue weighted by Gasteiger charge is -2.07. The minimum Gasteiger partial charge on any atom is -0.466 e. The molecule has 0 aliphatic rings. The molecular weight excluding hydrogens is 412 g/mol. The van der Waals surface area contributed by atoms with Gasteiger partial charge in [-0.2, -0.15) is 0 Å². The monoisotopic (exact) mass is 434 g/mol. The van der Waals surface area contributed by atoms with E-state index in [4.69, 9.17) is 4.74 Å². The second-order valence-corrected chi connectivity index (χ2v) is 9.65. The summed E-state index contributed by atoms with van der Waals surface area (Å²) in [6, 6.07) is 4.31. The Morgan fingerprint density at radius 3 is 2.68 bits per heavy atom. The largest absolute Gasteiger partial charge is 0.466 e. The number of carbonyl (C=O) groups excluding carboxylic acids is 1. The lowest BCUT2D eigenvalue weighted by molar-refractivity contribution is -0.113. The Bertz CT molecular complexity index is 981. The van der Waals surface area contributed by atoms with Crippen LogP contribution < -0.4 is 10.1 Å². The molecule has 2 heterocycles. The predicted molar refractivity (Wildman–Crippen MR) is 117 cm³/mol. The Hall–Kier alpha value is -1.97. The highest BCUT2D eigenvalue weighted by molar-refractivity contribution is 8.01. The van der Waals surface area contributed by atoms with E-state index >= 15 is 0 Å². The summed E-state index contributed by atoms with van der Waals surface area (Å²) >= 11 is 4.10. The summed E-state index contributed by atoms with van der Waals surface area (Å²) in [6.07, 6.45) is 0.0501. The summed E-state index contributed by atoms with van der Waals surface area (Å²) in [5.41, 5.74) is 5.65. The number of nitrogens with zero attached hydrogens (tertiary/aromatic N) is 3. The van der Waals surface area contributed by atoms with Crippen LogP contribution >= 0.6 is 34.4 Å². The van der Waals surface area contributed by atoms with Crippen LogP contribution in [0, 0.1) is 20.8 Å². The Balaban J connectivity index is 1.58. The first-order valence-corrected chi connectivity index (χ1v) is 11.5. The topological polar surface area (TPSA) is 77.0 Å². The Morgan fingerprint density at radius 2 is 1.93 bits per heavy atom. The van der Waals surface area contributed by atoms with Crippen LogP contribution in [0.2, 0.25) is 0 Å². The highest BCUT2D eigenvalue weighted by atomic mass is 32.2. The summed E-state index contributed by atoms with van der Waals surface area (Å²) < 4.78 is 6.20. The molecule has 0 radical (unpaired) electrons. The molecular formula is C19H22N4O2S3. The van der Waals surface area contributed by atoms with Crippen molar-refractivity contribution in [2.24, 2.45) is 0 Å². The van der Waals surface area contributed by atoms with Gasteiger partial charge in [-0.05, 0) is 68.7 Å². The molecule has 9 heteroatoms. The third-order valence-corrected chi connectivity index (χ3v) is 6.62. The van der Waals surface area contributed by atoms with Crippen LogP contribution in [0.1, 0.15) is 30.5 Å². The van der Waals surface area contributed by atoms with E-state index in [2.05, 4.69) is 53.4 Å². The average Bonchev–Trinajstić information content (AvgIpc) is 3.25. The van der Waals surface area contributed by atoms with Crippen molar-refractivity contribution >= 4 is 45.5 Å². The fraction of sp³-hybridized carbons (Fsp3) is 0.368. The molecule has 3 aromatic rings. The van der Waals surface area contributed by atoms with Crippen LogP contribution in [0.5, 0.6) is 5.19 Å². The van der Waals surface area contributed by atoms with Crippen molar-refractivity contribution in [2.45, 2.75) is 45.1 Å². The van der Waals surface area contributed by atoms with Crippen molar-refractivity contribution in [3.05, 3.63) is 34.2 Å². The van der Waals surface area contributed by atoms with Crippen LogP contribution in [0.15, 0.2) is 21.9 Å². The standard InChI is InChI=1S/C19H22N4O2S3/c1-10(2)25-18-22-23-19(28-18)27-9-16(24)21-17-20-15(8-26-17)14-7-12(4)11(3)6-13(14)5/h6-8,10H,9H2,1-5H3,(H,20,21,24). The van der Waals surface area contributed by atoms with Crippen molar-refractivity contribution in [3.8, 4) is 16.5 Å². The molecule has 28 heavy (non-hydrogen) atoms. The summed E-state index contributed by atoms with van der Waals surface area (Å²) in [5, 5.41) is 13.9. The Morgan fingerprint density at radius 1 is 1.18 bits per heavy atom. The quantitative estimate of drug-likeness (QED) is 0.521. The Kier molecular flexibility index (Phi) is 6.69. The molecule has 1 amide bonds. The van der Waals surface area contributed by atoms with E-state index < -0.39 is 0 Å². The van der Waals surface area contributed by atoms with Gasteiger partial charge in [0.25, 0.3) is 5.19 Å². The maximum Gasteiger partial charge on any atom is 0.295 e. The molecule has 0 fully saturated rings. The lowest BCUT2D eigenvalue weighted by Crippen LogP contribution is -2.13. The number of nitrogens with one attached hydrogen (secondary N) is 1. The first-order chi connectivity index (χ1) is 13.3. The van der Waals surface area contributed by atoms with Crippen LogP contribution in [0.4, 0.5) is 5.13 Å². The van der Waals surface area contributed by atoms with Crippen molar-refractivity contribution in [1.82, 2.24) is 15.2 Å². The van der Waals surface area contributed by atoms with Gasteiger partial charge in [0, 0.05) is 10.9 Å². The fourth-order valence-electron chi connectivity index (χ4n) is 2.48. The average molecular weight is 435 g/mol. The zero-order valence-electron chi connectivity index (χ0n) is 16.4. The third kappa shape index (κ3) is 5.30. The fourth-order valence-corrected chi connectivity index (χ4v) is 4.81. The molecule has 0 bridgehead atoms. The second kappa shape index (κ2) is 9.02. The molecule has 3 rings (SSSR count). The van der Waals surface area contributed by atoms with Crippen LogP contribution in [0.3, 0.4) is 0 Å². The van der Waals surface area contributed by atoms with E-state index in [0.717, 1.165) is 11.3 Å². The van der Waals surface area contributed by atoms with Gasteiger partial charge < -0.3 is 10.1 Å². The summed E-state index contributed by atoms with van der Waals surface area (Å²) in [5.74, 6) is 0.123. The van der Waals surface area contributed by atoms with Gasteiger partial charge in [0.1, 0.15) is 0 Å². The lowest BCUT2D eigenvalue weighted by atomic mass is 9.99. The highest BCUT2D eigenvalue weighted by Crippen LogP contribution is 2.30. The highest BCUT2D eigenvalue weighted by Gasteiger charge is 2.13. The van der Waals surface area contributed by atoms with Gasteiger partial charge in [-0.25, -0.2) is 4.98 Å². The number of rotatable bonds is 7. The molecule has 148 valence electrons. The minimum atomic E-state index is -0.121. The SMILES string of the molecule is Cc1cc(C)c(-c2csc(NC(=O)CSc3nnc(OC(C)C)s3)n2)cc1C. The molecule has 0 saturated heterocycles. The van der Waals surface area contributed by atoms with E-state index in [1.807, 2.05) is 19.2 Å². The van der Waals surface area contributed by atoms with E-state index in [-0.39, 0.29) is 17.8 Å². The van der Waals surface area contributed by atoms with Gasteiger partial charge in [0.05, 0.1) is 17.6 Å². The number of amides is 1. The predicted octanol–water partition coefficient (Wildman–Crippen LogP) is 5.10. The first kappa shape index (κ1) is 20.8. The molecule has 0 saturated carbocycles. The van der Waals surface area contributed by atoms with E-state index in [1.165, 1.54) is 51.1 Å². The zero-order valence-corrected chi connectivity index (χ0v) is 18.8. The van der Waals surface area contributed by atoms with Gasteiger partial charge in [-0.15, -0.1) is 16.4 Å². The van der Waals surface area contributed by atoms with E-state index in [0.29, 0.717) is 14.7 Å². The maximum atomic E-state index is 12.2. The van der Waals surface area contributed by atoms with Crippen molar-refractivity contribution in [3.63, 3.8) is 0 Å². The number of thioether (sulfide) groups is 1. The number of hydrogen-bond donors (Lipinski definition) is 1. The maximum absolute atomic E-state index is 12.2. The van der Waals surface area contributed by atoms with Gasteiger partial charge in [-0.1, -0.05) is 22.9 Å². The van der Waals surface area contributed by atoms with Crippen LogP contribution in [0.25, 0.3) is 11.3 Å². The molecule has 0 spiro atoms. The summed E-state index contributed by atoms with van der Waals surface area (Å²) in [6.45, 7) is 10.1. The smallest absolute Gasteiger partial charge is 0.295 e. The normalized spacial score (nSPS) is 11.1. The molecule has 6 nitrogen and oxygen atoms in total. The molecule has 0 unspecified atom stereocenters.